The van der Waals surface area contributed by atoms with Crippen molar-refractivity contribution < 1.29 is 19.1 Å². The predicted molar refractivity (Wildman–Crippen MR) is 128 cm³/mol. The second kappa shape index (κ2) is 11.8. The lowest BCUT2D eigenvalue weighted by Gasteiger charge is -2.23. The van der Waals surface area contributed by atoms with Crippen LogP contribution in [0.5, 0.6) is 11.5 Å². The number of aromatic nitrogens is 3. The van der Waals surface area contributed by atoms with Gasteiger partial charge in [0.1, 0.15) is 17.3 Å². The van der Waals surface area contributed by atoms with Crippen LogP contribution in [0, 0.1) is 5.92 Å². The molecule has 0 saturated heterocycles. The molecule has 0 unspecified atom stereocenters. The predicted octanol–water partition coefficient (Wildman–Crippen LogP) is 1.52. The first-order chi connectivity index (χ1) is 16.3. The molecule has 10 heteroatoms. The maximum atomic E-state index is 12.8. The van der Waals surface area contributed by atoms with Crippen LogP contribution in [0.15, 0.2) is 24.3 Å². The van der Waals surface area contributed by atoms with Crippen LogP contribution in [-0.2, 0) is 22.6 Å². The maximum absolute atomic E-state index is 12.8. The van der Waals surface area contributed by atoms with Gasteiger partial charge >= 0.3 is 0 Å². The molecule has 2 aromatic rings. The highest BCUT2D eigenvalue weighted by molar-refractivity contribution is 5.78. The number of hydrogen-bond acceptors (Lipinski definition) is 7. The zero-order chi connectivity index (χ0) is 24.7. The van der Waals surface area contributed by atoms with E-state index in [0.717, 1.165) is 23.8 Å². The Morgan fingerprint density at radius 1 is 1.09 bits per heavy atom. The van der Waals surface area contributed by atoms with Crippen LogP contribution in [0.2, 0.25) is 0 Å². The van der Waals surface area contributed by atoms with Crippen molar-refractivity contribution in [3.63, 3.8) is 0 Å². The van der Waals surface area contributed by atoms with Gasteiger partial charge in [0.15, 0.2) is 12.4 Å². The third kappa shape index (κ3) is 6.93. The fraction of sp³-hybridized carbons (Fsp3) is 0.583. The quantitative estimate of drug-likeness (QED) is 0.559. The molecule has 2 heterocycles. The van der Waals surface area contributed by atoms with Crippen LogP contribution in [0.25, 0.3) is 0 Å². The minimum absolute atomic E-state index is 0.0314. The Hall–Kier alpha value is -3.14. The average molecular weight is 473 g/mol. The summed E-state index contributed by atoms with van der Waals surface area (Å²) in [4.78, 5) is 28.9. The van der Waals surface area contributed by atoms with Gasteiger partial charge in [-0.1, -0.05) is 13.8 Å². The summed E-state index contributed by atoms with van der Waals surface area (Å²) in [5.41, 5.74) is 0. The van der Waals surface area contributed by atoms with E-state index < -0.39 is 0 Å². The van der Waals surface area contributed by atoms with E-state index in [1.165, 1.54) is 0 Å². The lowest BCUT2D eigenvalue weighted by atomic mass is 10.0. The molecule has 34 heavy (non-hydrogen) atoms. The van der Waals surface area contributed by atoms with Gasteiger partial charge < -0.3 is 29.2 Å². The number of fused-ring (bicyclic) bond motifs is 1. The lowest BCUT2D eigenvalue weighted by molar-refractivity contribution is -0.133. The molecule has 1 aromatic heterocycles. The SMILES string of the molecule is COc1ccc(OCC(=O)N2CCc3nnc([C@@H](CC(C)C)NC(=O)CN(C)C)n3CC2)cc1. The molecule has 3 rings (SSSR count). The number of hydrogen-bond donors (Lipinski definition) is 1. The number of likely N-dealkylation sites (N-methyl/N-ethyl adjacent to an activating group) is 1. The van der Waals surface area contributed by atoms with Gasteiger partial charge in [0, 0.05) is 26.1 Å². The molecule has 0 fully saturated rings. The monoisotopic (exact) mass is 472 g/mol. The molecule has 186 valence electrons. The Kier molecular flexibility index (Phi) is 8.86. The summed E-state index contributed by atoms with van der Waals surface area (Å²) < 4.78 is 12.9. The van der Waals surface area contributed by atoms with Crippen LogP contribution in [0.3, 0.4) is 0 Å². The Labute approximate surface area is 201 Å². The van der Waals surface area contributed by atoms with Crippen LogP contribution in [-0.4, -0.2) is 83.8 Å². The summed E-state index contributed by atoms with van der Waals surface area (Å²) in [6.45, 7) is 6.17. The molecule has 0 bridgehead atoms. The molecule has 2 amide bonds. The largest absolute Gasteiger partial charge is 0.497 e. The second-order valence-electron chi connectivity index (χ2n) is 9.21. The van der Waals surface area contributed by atoms with E-state index in [4.69, 9.17) is 9.47 Å². The average Bonchev–Trinajstić information content (AvgIpc) is 3.07. The molecule has 0 aliphatic carbocycles. The number of methoxy groups -OCH3 is 1. The fourth-order valence-corrected chi connectivity index (χ4v) is 3.99. The van der Waals surface area contributed by atoms with E-state index in [2.05, 4.69) is 33.9 Å². The Morgan fingerprint density at radius 2 is 1.79 bits per heavy atom. The van der Waals surface area contributed by atoms with Gasteiger partial charge in [0.2, 0.25) is 5.91 Å². The van der Waals surface area contributed by atoms with Crippen LogP contribution in [0.4, 0.5) is 0 Å². The highest BCUT2D eigenvalue weighted by Crippen LogP contribution is 2.22. The number of benzene rings is 1. The van der Waals surface area contributed by atoms with Crippen molar-refractivity contribution in [2.75, 3.05) is 47.4 Å². The minimum Gasteiger partial charge on any atom is -0.497 e. The van der Waals surface area contributed by atoms with Crippen LogP contribution < -0.4 is 14.8 Å². The zero-order valence-electron chi connectivity index (χ0n) is 20.8. The molecule has 0 saturated carbocycles. The fourth-order valence-electron chi connectivity index (χ4n) is 3.99. The third-order valence-corrected chi connectivity index (χ3v) is 5.64. The standard InChI is InChI=1S/C24H36N6O4/c1-17(2)14-20(25-22(31)15-28(3)4)24-27-26-21-10-11-29(12-13-30(21)24)23(32)16-34-19-8-6-18(33-5)7-9-19/h6-9,17,20H,10-16H2,1-5H3,(H,25,31)/t20-/m1/s1. The zero-order valence-corrected chi connectivity index (χ0v) is 20.8. The number of carbonyl (C=O) groups is 2. The number of rotatable bonds is 10. The van der Waals surface area contributed by atoms with Gasteiger partial charge in [-0.2, -0.15) is 0 Å². The summed E-state index contributed by atoms with van der Waals surface area (Å²) in [6, 6.07) is 6.92. The summed E-state index contributed by atoms with van der Waals surface area (Å²) >= 11 is 0. The molecule has 10 nitrogen and oxygen atoms in total. The van der Waals surface area contributed by atoms with Gasteiger partial charge in [-0.3, -0.25) is 9.59 Å². The van der Waals surface area contributed by atoms with Crippen molar-refractivity contribution in [2.24, 2.45) is 5.92 Å². The molecular weight excluding hydrogens is 436 g/mol. The van der Waals surface area contributed by atoms with E-state index in [1.807, 2.05) is 19.0 Å². The lowest BCUT2D eigenvalue weighted by Crippen LogP contribution is -2.38. The molecule has 0 radical (unpaired) electrons. The molecule has 1 aromatic carbocycles. The normalized spacial score (nSPS) is 14.5. The first-order valence-electron chi connectivity index (χ1n) is 11.7. The molecular formula is C24H36N6O4. The minimum atomic E-state index is -0.227. The van der Waals surface area contributed by atoms with E-state index >= 15 is 0 Å². The summed E-state index contributed by atoms with van der Waals surface area (Å²) in [6.07, 6.45) is 1.36. The summed E-state index contributed by atoms with van der Waals surface area (Å²) in [5, 5.41) is 11.9. The first-order valence-corrected chi connectivity index (χ1v) is 11.7. The van der Waals surface area contributed by atoms with Crippen molar-refractivity contribution in [3.8, 4) is 11.5 Å². The van der Waals surface area contributed by atoms with Gasteiger partial charge in [-0.25, -0.2) is 0 Å². The smallest absolute Gasteiger partial charge is 0.260 e. The molecule has 1 aliphatic heterocycles. The van der Waals surface area contributed by atoms with Crippen molar-refractivity contribution in [3.05, 3.63) is 35.9 Å². The number of carbonyl (C=O) groups excluding carboxylic acids is 2. The Morgan fingerprint density at radius 3 is 2.44 bits per heavy atom. The highest BCUT2D eigenvalue weighted by Gasteiger charge is 2.27. The van der Waals surface area contributed by atoms with Crippen LogP contribution in [0.1, 0.15) is 38.0 Å². The third-order valence-electron chi connectivity index (χ3n) is 5.64. The van der Waals surface area contributed by atoms with Gasteiger partial charge in [0.05, 0.1) is 19.7 Å². The Balaban J connectivity index is 1.63. The van der Waals surface area contributed by atoms with Gasteiger partial charge in [0.25, 0.3) is 5.91 Å². The van der Waals surface area contributed by atoms with Gasteiger partial charge in [-0.05, 0) is 50.7 Å². The first kappa shape index (κ1) is 25.5. The topological polar surface area (TPSA) is 102 Å². The van der Waals surface area contributed by atoms with E-state index in [9.17, 15) is 9.59 Å². The summed E-state index contributed by atoms with van der Waals surface area (Å²) in [5.74, 6) is 3.18. The number of amides is 2. The highest BCUT2D eigenvalue weighted by atomic mass is 16.5. The second-order valence-corrected chi connectivity index (χ2v) is 9.21. The number of ether oxygens (including phenoxy) is 2. The molecule has 1 aliphatic rings. The molecule has 1 atom stereocenters. The van der Waals surface area contributed by atoms with E-state index in [-0.39, 0.29) is 24.5 Å². The van der Waals surface area contributed by atoms with Crippen molar-refractivity contribution in [2.45, 2.75) is 39.3 Å². The van der Waals surface area contributed by atoms with Crippen molar-refractivity contribution in [1.82, 2.24) is 29.9 Å². The molecule has 0 spiro atoms. The van der Waals surface area contributed by atoms with Crippen molar-refractivity contribution >= 4 is 11.8 Å². The Bertz CT molecular complexity index is 957. The summed E-state index contributed by atoms with van der Waals surface area (Å²) in [7, 11) is 5.33. The van der Waals surface area contributed by atoms with Crippen molar-refractivity contribution in [1.29, 1.82) is 0 Å². The van der Waals surface area contributed by atoms with Gasteiger partial charge in [-0.15, -0.1) is 10.2 Å². The van der Waals surface area contributed by atoms with Crippen LogP contribution >= 0.6 is 0 Å². The number of nitrogens with one attached hydrogen (secondary N) is 1. The number of nitrogens with zero attached hydrogens (tertiary/aromatic N) is 5. The van der Waals surface area contributed by atoms with E-state index in [0.29, 0.717) is 44.3 Å². The maximum Gasteiger partial charge on any atom is 0.260 e. The molecule has 1 N–H and O–H groups in total. The van der Waals surface area contributed by atoms with E-state index in [1.54, 1.807) is 36.3 Å².